The molecule has 0 amide bonds. The van der Waals surface area contributed by atoms with E-state index in [1.165, 1.54) is 17.5 Å². The van der Waals surface area contributed by atoms with Crippen LogP contribution in [0.25, 0.3) is 0 Å². The molecule has 0 aliphatic heterocycles. The molecule has 5 nitrogen and oxygen atoms in total. The number of aliphatic hydroxyl groups excluding tert-OH is 1. The van der Waals surface area contributed by atoms with Crippen molar-refractivity contribution in [3.05, 3.63) is 24.3 Å². The average molecular weight is 273 g/mol. The van der Waals surface area contributed by atoms with Gasteiger partial charge in [-0.3, -0.25) is 0 Å². The Bertz CT molecular complexity index is 485. The number of methoxy groups -OCH3 is 1. The molecule has 1 N–H and O–H groups in total. The Morgan fingerprint density at radius 1 is 1.33 bits per heavy atom. The number of hydrogen-bond acceptors (Lipinski definition) is 4. The summed E-state index contributed by atoms with van der Waals surface area (Å²) >= 11 is 0. The van der Waals surface area contributed by atoms with Crippen molar-refractivity contribution in [2.24, 2.45) is 0 Å². The summed E-state index contributed by atoms with van der Waals surface area (Å²) in [6.07, 6.45) is 0. The van der Waals surface area contributed by atoms with E-state index in [0.717, 1.165) is 0 Å². The van der Waals surface area contributed by atoms with Crippen molar-refractivity contribution >= 4 is 10.0 Å². The summed E-state index contributed by atoms with van der Waals surface area (Å²) < 4.78 is 31.3. The molecule has 18 heavy (non-hydrogen) atoms. The Labute approximate surface area is 108 Å². The van der Waals surface area contributed by atoms with Gasteiger partial charge in [0.05, 0.1) is 13.7 Å². The van der Waals surface area contributed by atoms with Gasteiger partial charge in [0, 0.05) is 12.6 Å². The van der Waals surface area contributed by atoms with E-state index in [2.05, 4.69) is 0 Å². The van der Waals surface area contributed by atoms with E-state index >= 15 is 0 Å². The number of ether oxygens (including phenoxy) is 1. The van der Waals surface area contributed by atoms with Gasteiger partial charge in [-0.25, -0.2) is 8.42 Å². The fraction of sp³-hybridized carbons (Fsp3) is 0.500. The Hall–Kier alpha value is -1.11. The molecule has 102 valence electrons. The first kappa shape index (κ1) is 14.9. The fourth-order valence-electron chi connectivity index (χ4n) is 1.71. The van der Waals surface area contributed by atoms with Crippen LogP contribution in [0.4, 0.5) is 0 Å². The van der Waals surface area contributed by atoms with E-state index in [9.17, 15) is 8.42 Å². The SMILES string of the molecule is COc1ccccc1S(=O)(=O)N(CCO)C(C)C. The molecular formula is C12H19NO4S. The quantitative estimate of drug-likeness (QED) is 0.842. The van der Waals surface area contributed by atoms with Crippen LogP contribution < -0.4 is 4.74 Å². The first-order valence-corrected chi connectivity index (χ1v) is 7.15. The van der Waals surface area contributed by atoms with Crippen molar-refractivity contribution in [1.82, 2.24) is 4.31 Å². The average Bonchev–Trinajstić information content (AvgIpc) is 2.35. The maximum Gasteiger partial charge on any atom is 0.247 e. The van der Waals surface area contributed by atoms with Crippen LogP contribution in [-0.2, 0) is 10.0 Å². The molecule has 6 heteroatoms. The summed E-state index contributed by atoms with van der Waals surface area (Å²) in [5.74, 6) is 0.307. The molecule has 0 atom stereocenters. The predicted molar refractivity (Wildman–Crippen MR) is 69.1 cm³/mol. The Kier molecular flexibility index (Phi) is 5.13. The van der Waals surface area contributed by atoms with Crippen molar-refractivity contribution in [2.75, 3.05) is 20.3 Å². The van der Waals surface area contributed by atoms with Gasteiger partial charge in [-0.05, 0) is 26.0 Å². The van der Waals surface area contributed by atoms with Crippen LogP contribution in [0.2, 0.25) is 0 Å². The number of para-hydroxylation sites is 1. The summed E-state index contributed by atoms with van der Waals surface area (Å²) in [6, 6.07) is 6.23. The summed E-state index contributed by atoms with van der Waals surface area (Å²) in [7, 11) is -2.23. The molecule has 1 aromatic rings. The van der Waals surface area contributed by atoms with Crippen molar-refractivity contribution in [3.8, 4) is 5.75 Å². The van der Waals surface area contributed by atoms with Crippen LogP contribution in [0, 0.1) is 0 Å². The molecule has 0 aromatic heterocycles. The minimum absolute atomic E-state index is 0.0675. The lowest BCUT2D eigenvalue weighted by atomic mass is 10.3. The highest BCUT2D eigenvalue weighted by atomic mass is 32.2. The smallest absolute Gasteiger partial charge is 0.247 e. The molecule has 0 heterocycles. The monoisotopic (exact) mass is 273 g/mol. The first-order chi connectivity index (χ1) is 8.45. The molecule has 0 saturated heterocycles. The third kappa shape index (κ3) is 3.01. The summed E-state index contributed by atoms with van der Waals surface area (Å²) in [5.41, 5.74) is 0. The molecule has 0 unspecified atom stereocenters. The van der Waals surface area contributed by atoms with E-state index in [0.29, 0.717) is 5.75 Å². The van der Waals surface area contributed by atoms with E-state index in [4.69, 9.17) is 9.84 Å². The van der Waals surface area contributed by atoms with Gasteiger partial charge < -0.3 is 9.84 Å². The fourth-order valence-corrected chi connectivity index (χ4v) is 3.50. The van der Waals surface area contributed by atoms with Gasteiger partial charge in [-0.15, -0.1) is 0 Å². The lowest BCUT2D eigenvalue weighted by molar-refractivity contribution is 0.236. The van der Waals surface area contributed by atoms with Crippen LogP contribution in [0.5, 0.6) is 5.75 Å². The molecule has 0 saturated carbocycles. The number of sulfonamides is 1. The molecule has 0 aliphatic rings. The topological polar surface area (TPSA) is 66.8 Å². The van der Waals surface area contributed by atoms with Gasteiger partial charge in [0.15, 0.2) is 0 Å². The zero-order valence-corrected chi connectivity index (χ0v) is 11.6. The number of aliphatic hydroxyl groups is 1. The highest BCUT2D eigenvalue weighted by Gasteiger charge is 2.28. The van der Waals surface area contributed by atoms with Gasteiger partial charge in [0.25, 0.3) is 0 Å². The van der Waals surface area contributed by atoms with Gasteiger partial charge in [-0.1, -0.05) is 12.1 Å². The maximum atomic E-state index is 12.5. The lowest BCUT2D eigenvalue weighted by Gasteiger charge is -2.25. The van der Waals surface area contributed by atoms with Crippen molar-refractivity contribution in [2.45, 2.75) is 24.8 Å². The van der Waals surface area contributed by atoms with E-state index < -0.39 is 10.0 Å². The number of rotatable bonds is 6. The van der Waals surface area contributed by atoms with Crippen LogP contribution in [-0.4, -0.2) is 44.1 Å². The minimum Gasteiger partial charge on any atom is -0.495 e. The van der Waals surface area contributed by atoms with Crippen LogP contribution in [0.15, 0.2) is 29.2 Å². The van der Waals surface area contributed by atoms with Gasteiger partial charge in [0.2, 0.25) is 10.0 Å². The van der Waals surface area contributed by atoms with E-state index in [1.807, 2.05) is 0 Å². The molecule has 0 radical (unpaired) electrons. The molecule has 1 aromatic carbocycles. The highest BCUT2D eigenvalue weighted by Crippen LogP contribution is 2.27. The highest BCUT2D eigenvalue weighted by molar-refractivity contribution is 7.89. The Morgan fingerprint density at radius 2 is 1.94 bits per heavy atom. The minimum atomic E-state index is -3.66. The zero-order chi connectivity index (χ0) is 13.8. The van der Waals surface area contributed by atoms with E-state index in [-0.39, 0.29) is 24.1 Å². The number of nitrogens with zero attached hydrogens (tertiary/aromatic N) is 1. The second kappa shape index (κ2) is 6.17. The summed E-state index contributed by atoms with van der Waals surface area (Å²) in [6.45, 7) is 3.38. The summed E-state index contributed by atoms with van der Waals surface area (Å²) in [4.78, 5) is 0.120. The molecule has 0 aliphatic carbocycles. The lowest BCUT2D eigenvalue weighted by Crippen LogP contribution is -2.39. The first-order valence-electron chi connectivity index (χ1n) is 5.71. The van der Waals surface area contributed by atoms with Crippen molar-refractivity contribution in [1.29, 1.82) is 0 Å². The molecule has 1 rings (SSSR count). The van der Waals surface area contributed by atoms with Crippen LogP contribution in [0.1, 0.15) is 13.8 Å². The Balaban J connectivity index is 3.26. The standard InChI is InChI=1S/C12H19NO4S/c1-10(2)13(8-9-14)18(15,16)12-7-5-4-6-11(12)17-3/h4-7,10,14H,8-9H2,1-3H3. The summed E-state index contributed by atoms with van der Waals surface area (Å²) in [5, 5.41) is 8.98. The largest absolute Gasteiger partial charge is 0.495 e. The molecule has 0 bridgehead atoms. The molecule has 0 spiro atoms. The maximum absolute atomic E-state index is 12.5. The van der Waals surface area contributed by atoms with Gasteiger partial charge >= 0.3 is 0 Å². The van der Waals surface area contributed by atoms with Crippen molar-refractivity contribution < 1.29 is 18.3 Å². The van der Waals surface area contributed by atoms with Gasteiger partial charge in [0.1, 0.15) is 10.6 Å². The molecular weight excluding hydrogens is 254 g/mol. The van der Waals surface area contributed by atoms with Crippen molar-refractivity contribution in [3.63, 3.8) is 0 Å². The second-order valence-electron chi connectivity index (χ2n) is 4.08. The third-order valence-corrected chi connectivity index (χ3v) is 4.67. The van der Waals surface area contributed by atoms with Crippen LogP contribution >= 0.6 is 0 Å². The van der Waals surface area contributed by atoms with Crippen LogP contribution in [0.3, 0.4) is 0 Å². The van der Waals surface area contributed by atoms with Gasteiger partial charge in [-0.2, -0.15) is 4.31 Å². The third-order valence-electron chi connectivity index (χ3n) is 2.55. The normalized spacial score (nSPS) is 12.1. The second-order valence-corrected chi connectivity index (χ2v) is 5.94. The number of benzene rings is 1. The number of hydrogen-bond donors (Lipinski definition) is 1. The molecule has 0 fully saturated rings. The predicted octanol–water partition coefficient (Wildman–Crippen LogP) is 1.09. The zero-order valence-electron chi connectivity index (χ0n) is 10.8. The van der Waals surface area contributed by atoms with E-state index in [1.54, 1.807) is 32.0 Å². The Morgan fingerprint density at radius 3 is 2.44 bits per heavy atom.